The molecule has 0 N–H and O–H groups in total. The summed E-state index contributed by atoms with van der Waals surface area (Å²) in [5.41, 5.74) is 0. The topological polar surface area (TPSA) is 86.2 Å². The van der Waals surface area contributed by atoms with Crippen molar-refractivity contribution in [1.82, 2.24) is 0 Å². The smallest absolute Gasteiger partial charge is 0.822 e. The van der Waals surface area contributed by atoms with Gasteiger partial charge in [-0.2, -0.15) is 28.6 Å². The van der Waals surface area contributed by atoms with E-state index in [2.05, 4.69) is 20.8 Å². The molecule has 0 heterocycles. The molecule has 0 atom stereocenters. The Bertz CT molecular complexity index is 71.2. The fourth-order valence-electron chi connectivity index (χ4n) is 0. The Hall–Kier alpha value is 1.98. The van der Waals surface area contributed by atoms with Crippen LogP contribution >= 0.6 is 7.82 Å². The van der Waals surface area contributed by atoms with Gasteiger partial charge in [0.15, 0.2) is 0 Å². The van der Waals surface area contributed by atoms with Crippen LogP contribution in [0, 0.1) is 20.8 Å². The van der Waals surface area contributed by atoms with E-state index in [9.17, 15) is 0 Å². The van der Waals surface area contributed by atoms with Gasteiger partial charge in [0, 0.05) is 0 Å². The number of hydrogen-bond donors (Lipinski definition) is 0. The average Bonchev–Trinajstić information content (AvgIpc) is 1.96. The van der Waals surface area contributed by atoms with Crippen LogP contribution in [0.5, 0.6) is 0 Å². The van der Waals surface area contributed by atoms with Crippen molar-refractivity contribution < 1.29 is 77.7 Å². The summed E-state index contributed by atoms with van der Waals surface area (Å²) >= 11 is 0. The van der Waals surface area contributed by atoms with Crippen LogP contribution in [0.3, 0.4) is 0 Å². The van der Waals surface area contributed by atoms with Crippen molar-refractivity contribution in [2.75, 3.05) is 0 Å². The van der Waals surface area contributed by atoms with E-state index >= 15 is 0 Å². The Balaban J connectivity index is -0.00000000972. The predicted octanol–water partition coefficient (Wildman–Crippen LogP) is -0.311. The average molecular weight is 378 g/mol. The van der Waals surface area contributed by atoms with Crippen molar-refractivity contribution in [2.24, 2.45) is 0 Å². The fourth-order valence-corrected chi connectivity index (χ4v) is 0. The van der Waals surface area contributed by atoms with Crippen molar-refractivity contribution in [3.8, 4) is 0 Å². The van der Waals surface area contributed by atoms with Gasteiger partial charge in [-0.15, -0.1) is 0 Å². The standard InChI is InChI=1S/3C2H5.H3O4P.3Zn/c3*1-2;1-5(2,3)4;;;/h3*1H2,2H3;(H3,1,2,3,4);;;/q3*-1;;3*+2/p-3. The molecule has 0 saturated heterocycles. The molecule has 0 aromatic rings. The van der Waals surface area contributed by atoms with Gasteiger partial charge in [-0.05, 0) is 0 Å². The summed E-state index contributed by atoms with van der Waals surface area (Å²) in [5.74, 6) is 0. The normalized spacial score (nSPS) is 5.50. The zero-order valence-electron chi connectivity index (χ0n) is 9.32. The van der Waals surface area contributed by atoms with E-state index in [0.717, 1.165) is 0 Å². The summed E-state index contributed by atoms with van der Waals surface area (Å²) < 4.78 is 8.55. The maximum absolute atomic E-state index is 8.55. The zero-order chi connectivity index (χ0) is 10.5. The molecule has 0 aromatic carbocycles. The van der Waals surface area contributed by atoms with Crippen LogP contribution in [0.15, 0.2) is 0 Å². The minimum atomic E-state index is -5.39. The zero-order valence-corrected chi connectivity index (χ0v) is 19.1. The van der Waals surface area contributed by atoms with Gasteiger partial charge in [0.25, 0.3) is 0 Å². The Labute approximate surface area is 126 Å². The molecule has 0 amide bonds. The molecule has 0 spiro atoms. The quantitative estimate of drug-likeness (QED) is 0.329. The van der Waals surface area contributed by atoms with Gasteiger partial charge < -0.3 is 40.0 Å². The van der Waals surface area contributed by atoms with Crippen molar-refractivity contribution in [3.05, 3.63) is 20.8 Å². The molecular formula is C6H15O4PZn3. The van der Waals surface area contributed by atoms with Gasteiger partial charge in [-0.25, -0.2) is 0 Å². The van der Waals surface area contributed by atoms with E-state index < -0.39 is 7.82 Å². The van der Waals surface area contributed by atoms with E-state index in [4.69, 9.17) is 19.2 Å². The first kappa shape index (κ1) is 44.5. The summed E-state index contributed by atoms with van der Waals surface area (Å²) in [7, 11) is -5.39. The molecule has 0 bridgehead atoms. The third-order valence-corrected chi connectivity index (χ3v) is 0. The molecule has 0 radical (unpaired) electrons. The summed E-state index contributed by atoms with van der Waals surface area (Å²) in [4.78, 5) is 25.6. The number of hydrogen-bond acceptors (Lipinski definition) is 4. The first-order valence-electron chi connectivity index (χ1n) is 2.85. The molecule has 0 aliphatic carbocycles. The minimum absolute atomic E-state index is 0. The molecule has 0 fully saturated rings. The second-order valence-electron chi connectivity index (χ2n) is 0.447. The third kappa shape index (κ3) is 601. The summed E-state index contributed by atoms with van der Waals surface area (Å²) in [6, 6.07) is 0. The van der Waals surface area contributed by atoms with Crippen LogP contribution in [-0.2, 0) is 63.0 Å². The fraction of sp³-hybridized carbons (Fsp3) is 0.500. The van der Waals surface area contributed by atoms with Crippen LogP contribution in [0.4, 0.5) is 0 Å². The first-order chi connectivity index (χ1) is 5.00. The van der Waals surface area contributed by atoms with E-state index in [1.165, 1.54) is 0 Å². The van der Waals surface area contributed by atoms with Crippen LogP contribution < -0.4 is 14.7 Å². The monoisotopic (exact) mass is 374 g/mol. The summed E-state index contributed by atoms with van der Waals surface area (Å²) in [6.45, 7) is 15.0. The second-order valence-corrected chi connectivity index (χ2v) is 1.34. The van der Waals surface area contributed by atoms with Gasteiger partial charge in [-0.3, -0.25) is 0 Å². The molecule has 14 heavy (non-hydrogen) atoms. The minimum Gasteiger partial charge on any atom is -0.822 e. The predicted molar refractivity (Wildman–Crippen MR) is 40.7 cm³/mol. The van der Waals surface area contributed by atoms with Crippen molar-refractivity contribution >= 4 is 7.82 Å². The summed E-state index contributed by atoms with van der Waals surface area (Å²) in [6.07, 6.45) is 0. The van der Waals surface area contributed by atoms with Crippen molar-refractivity contribution in [2.45, 2.75) is 20.8 Å². The van der Waals surface area contributed by atoms with Gasteiger partial charge in [0.2, 0.25) is 0 Å². The van der Waals surface area contributed by atoms with E-state index in [1.807, 2.05) is 0 Å². The SMILES string of the molecule is O=P([O-])([O-])[O-].[CH2-]C.[CH2-]C.[CH2-]C.[Zn+2].[Zn+2].[Zn+2]. The third-order valence-electron chi connectivity index (χ3n) is 0. The van der Waals surface area contributed by atoms with Gasteiger partial charge in [0.1, 0.15) is 0 Å². The van der Waals surface area contributed by atoms with E-state index in [-0.39, 0.29) is 58.4 Å². The molecule has 0 aromatic heterocycles. The summed E-state index contributed by atoms with van der Waals surface area (Å²) in [5, 5.41) is 0. The van der Waals surface area contributed by atoms with Crippen LogP contribution in [0.1, 0.15) is 20.8 Å². The Kier molecular flexibility index (Phi) is 146. The molecule has 74 valence electrons. The largest absolute Gasteiger partial charge is 2.00 e. The number of rotatable bonds is 0. The van der Waals surface area contributed by atoms with Gasteiger partial charge in [0.05, 0.1) is 0 Å². The first-order valence-corrected chi connectivity index (χ1v) is 4.31. The molecule has 8 heteroatoms. The molecule has 0 unspecified atom stereocenters. The Morgan fingerprint density at radius 1 is 0.714 bits per heavy atom. The Morgan fingerprint density at radius 3 is 0.714 bits per heavy atom. The molecular weight excluding hydrogens is 363 g/mol. The molecule has 0 rings (SSSR count). The van der Waals surface area contributed by atoms with Gasteiger partial charge in [-0.1, -0.05) is 0 Å². The second kappa shape index (κ2) is 46.0. The van der Waals surface area contributed by atoms with Crippen molar-refractivity contribution in [3.63, 3.8) is 0 Å². The molecule has 0 saturated carbocycles. The Morgan fingerprint density at radius 2 is 0.714 bits per heavy atom. The maximum atomic E-state index is 8.55. The molecule has 0 aliphatic rings. The van der Waals surface area contributed by atoms with Crippen LogP contribution in [0.2, 0.25) is 0 Å². The van der Waals surface area contributed by atoms with E-state index in [1.54, 1.807) is 20.8 Å². The van der Waals surface area contributed by atoms with Crippen LogP contribution in [0.25, 0.3) is 0 Å². The maximum Gasteiger partial charge on any atom is 2.00 e. The van der Waals surface area contributed by atoms with Crippen LogP contribution in [-0.4, -0.2) is 0 Å². The van der Waals surface area contributed by atoms with Crippen molar-refractivity contribution in [1.29, 1.82) is 0 Å². The van der Waals surface area contributed by atoms with E-state index in [0.29, 0.717) is 0 Å². The molecule has 4 nitrogen and oxygen atoms in total. The van der Waals surface area contributed by atoms with Gasteiger partial charge >= 0.3 is 58.4 Å². The number of phosphoric acid groups is 1. The molecule has 0 aliphatic heterocycles.